The maximum absolute atomic E-state index is 5.70. The monoisotopic (exact) mass is 241 g/mol. The third kappa shape index (κ3) is 4.54. The summed E-state index contributed by atoms with van der Waals surface area (Å²) in [5.74, 6) is 0. The van der Waals surface area contributed by atoms with Crippen LogP contribution in [-0.2, 0) is 4.74 Å². The summed E-state index contributed by atoms with van der Waals surface area (Å²) in [6.07, 6.45) is 2.90. The van der Waals surface area contributed by atoms with Crippen LogP contribution in [0.25, 0.3) is 0 Å². The summed E-state index contributed by atoms with van der Waals surface area (Å²) in [5.41, 5.74) is 0. The van der Waals surface area contributed by atoms with Crippen molar-refractivity contribution in [1.29, 1.82) is 0 Å². The Kier molecular flexibility index (Phi) is 5.71. The number of hydrogen-bond donors (Lipinski definition) is 1. The number of rotatable bonds is 4. The van der Waals surface area contributed by atoms with Gasteiger partial charge in [-0.05, 0) is 25.9 Å². The quantitative estimate of drug-likeness (QED) is 0.771. The molecule has 0 aromatic heterocycles. The Hall–Kier alpha value is -0.160. The maximum atomic E-state index is 5.70. The molecule has 1 N–H and O–H groups in total. The van der Waals surface area contributed by atoms with E-state index in [0.717, 1.165) is 32.7 Å². The van der Waals surface area contributed by atoms with Crippen LogP contribution in [0.5, 0.6) is 0 Å². The molecule has 1 atom stereocenters. The highest BCUT2D eigenvalue weighted by Gasteiger charge is 2.19. The van der Waals surface area contributed by atoms with Crippen molar-refractivity contribution in [2.75, 3.05) is 59.0 Å². The molecule has 0 aliphatic carbocycles. The molecule has 0 amide bonds. The number of morpholine rings is 1. The molecule has 4 heteroatoms. The first-order chi connectivity index (χ1) is 8.38. The van der Waals surface area contributed by atoms with Crippen molar-refractivity contribution in [3.63, 3.8) is 0 Å². The van der Waals surface area contributed by atoms with Crippen molar-refractivity contribution in [3.8, 4) is 0 Å². The second-order valence-corrected chi connectivity index (χ2v) is 5.15. The fourth-order valence-electron chi connectivity index (χ4n) is 2.64. The van der Waals surface area contributed by atoms with Gasteiger partial charge in [0.1, 0.15) is 0 Å². The van der Waals surface area contributed by atoms with Crippen molar-refractivity contribution in [2.24, 2.45) is 0 Å². The minimum atomic E-state index is 0.467. The molecule has 2 rings (SSSR count). The van der Waals surface area contributed by atoms with E-state index < -0.39 is 0 Å². The Morgan fingerprint density at radius 2 is 2.00 bits per heavy atom. The van der Waals surface area contributed by atoms with Crippen LogP contribution in [-0.4, -0.2) is 74.9 Å². The van der Waals surface area contributed by atoms with Gasteiger partial charge in [-0.15, -0.1) is 0 Å². The molecule has 0 spiro atoms. The second-order valence-electron chi connectivity index (χ2n) is 5.15. The summed E-state index contributed by atoms with van der Waals surface area (Å²) in [7, 11) is 0. The van der Waals surface area contributed by atoms with Gasteiger partial charge in [0.2, 0.25) is 0 Å². The predicted molar refractivity (Wildman–Crippen MR) is 70.4 cm³/mol. The van der Waals surface area contributed by atoms with E-state index in [2.05, 4.69) is 22.0 Å². The molecule has 1 unspecified atom stereocenters. The molecule has 0 aromatic rings. The van der Waals surface area contributed by atoms with E-state index in [1.807, 2.05) is 0 Å². The molecular weight excluding hydrogens is 214 g/mol. The van der Waals surface area contributed by atoms with E-state index in [0.29, 0.717) is 6.10 Å². The van der Waals surface area contributed by atoms with Crippen LogP contribution in [0, 0.1) is 0 Å². The molecule has 2 saturated heterocycles. The molecular formula is C13H27N3O. The Morgan fingerprint density at radius 3 is 2.88 bits per heavy atom. The number of ether oxygens (including phenoxy) is 1. The first-order valence-corrected chi connectivity index (χ1v) is 7.15. The van der Waals surface area contributed by atoms with Gasteiger partial charge < -0.3 is 15.0 Å². The highest BCUT2D eigenvalue weighted by Crippen LogP contribution is 2.08. The minimum Gasteiger partial charge on any atom is -0.376 e. The first-order valence-electron chi connectivity index (χ1n) is 7.15. The van der Waals surface area contributed by atoms with Gasteiger partial charge in [0.05, 0.1) is 12.7 Å². The van der Waals surface area contributed by atoms with Gasteiger partial charge in [0.15, 0.2) is 0 Å². The van der Waals surface area contributed by atoms with Crippen molar-refractivity contribution in [1.82, 2.24) is 15.1 Å². The lowest BCUT2D eigenvalue weighted by Crippen LogP contribution is -2.45. The third-order valence-electron chi connectivity index (χ3n) is 3.84. The van der Waals surface area contributed by atoms with Crippen molar-refractivity contribution in [3.05, 3.63) is 0 Å². The topological polar surface area (TPSA) is 27.7 Å². The third-order valence-corrected chi connectivity index (χ3v) is 3.84. The average Bonchev–Trinajstić information content (AvgIpc) is 2.65. The number of nitrogens with one attached hydrogen (secondary N) is 1. The summed E-state index contributed by atoms with van der Waals surface area (Å²) in [6.45, 7) is 12.6. The van der Waals surface area contributed by atoms with E-state index in [4.69, 9.17) is 4.74 Å². The fourth-order valence-corrected chi connectivity index (χ4v) is 2.64. The van der Waals surface area contributed by atoms with Gasteiger partial charge >= 0.3 is 0 Å². The summed E-state index contributed by atoms with van der Waals surface area (Å²) in [4.78, 5) is 5.16. The van der Waals surface area contributed by atoms with Crippen LogP contribution in [0.4, 0.5) is 0 Å². The zero-order chi connectivity index (χ0) is 11.9. The number of nitrogens with zero attached hydrogens (tertiary/aromatic N) is 2. The van der Waals surface area contributed by atoms with Gasteiger partial charge in [-0.3, -0.25) is 4.90 Å². The molecule has 2 fully saturated rings. The average molecular weight is 241 g/mol. The van der Waals surface area contributed by atoms with Gasteiger partial charge in [-0.1, -0.05) is 6.92 Å². The molecule has 0 aromatic carbocycles. The molecule has 0 bridgehead atoms. The Bertz CT molecular complexity index is 205. The van der Waals surface area contributed by atoms with Gasteiger partial charge in [0, 0.05) is 39.3 Å². The van der Waals surface area contributed by atoms with E-state index in [1.54, 1.807) is 0 Å². The van der Waals surface area contributed by atoms with Crippen molar-refractivity contribution in [2.45, 2.75) is 25.9 Å². The standard InChI is InChI=1S/C13H27N3O/c1-2-13-12-16(10-11-17-13)9-8-15-6-3-4-14-5-7-15/h13-14H,2-12H2,1H3. The lowest BCUT2D eigenvalue weighted by molar-refractivity contribution is -0.0315. The molecule has 4 nitrogen and oxygen atoms in total. The van der Waals surface area contributed by atoms with E-state index >= 15 is 0 Å². The zero-order valence-corrected chi connectivity index (χ0v) is 11.2. The second kappa shape index (κ2) is 7.31. The summed E-state index contributed by atoms with van der Waals surface area (Å²) in [5, 5.41) is 3.46. The van der Waals surface area contributed by atoms with Crippen molar-refractivity contribution < 1.29 is 4.74 Å². The highest BCUT2D eigenvalue weighted by atomic mass is 16.5. The minimum absolute atomic E-state index is 0.467. The van der Waals surface area contributed by atoms with Gasteiger partial charge in [-0.2, -0.15) is 0 Å². The lowest BCUT2D eigenvalue weighted by atomic mass is 10.2. The first kappa shape index (κ1) is 13.3. The van der Waals surface area contributed by atoms with Crippen LogP contribution in [0.1, 0.15) is 19.8 Å². The van der Waals surface area contributed by atoms with Crippen LogP contribution in [0.2, 0.25) is 0 Å². The van der Waals surface area contributed by atoms with Crippen LogP contribution >= 0.6 is 0 Å². The molecule has 0 saturated carbocycles. The van der Waals surface area contributed by atoms with Crippen LogP contribution in [0.15, 0.2) is 0 Å². The molecule has 100 valence electrons. The fraction of sp³-hybridized carbons (Fsp3) is 1.00. The van der Waals surface area contributed by atoms with Gasteiger partial charge in [0.25, 0.3) is 0 Å². The lowest BCUT2D eigenvalue weighted by Gasteiger charge is -2.33. The van der Waals surface area contributed by atoms with E-state index in [1.165, 1.54) is 39.1 Å². The van der Waals surface area contributed by atoms with E-state index in [9.17, 15) is 0 Å². The molecule has 2 heterocycles. The smallest absolute Gasteiger partial charge is 0.0700 e. The predicted octanol–water partition coefficient (Wildman–Crippen LogP) is 0.393. The summed E-state index contributed by atoms with van der Waals surface area (Å²) < 4.78 is 5.70. The summed E-state index contributed by atoms with van der Waals surface area (Å²) >= 11 is 0. The zero-order valence-electron chi connectivity index (χ0n) is 11.2. The maximum Gasteiger partial charge on any atom is 0.0700 e. The Morgan fingerprint density at radius 1 is 1.12 bits per heavy atom. The van der Waals surface area contributed by atoms with Crippen LogP contribution in [0.3, 0.4) is 0 Å². The molecule has 2 aliphatic rings. The number of hydrogen-bond acceptors (Lipinski definition) is 4. The largest absolute Gasteiger partial charge is 0.376 e. The molecule has 17 heavy (non-hydrogen) atoms. The normalized spacial score (nSPS) is 29.1. The van der Waals surface area contributed by atoms with Crippen molar-refractivity contribution >= 4 is 0 Å². The van der Waals surface area contributed by atoms with Crippen LogP contribution < -0.4 is 5.32 Å². The molecule has 2 aliphatic heterocycles. The Labute approximate surface area is 105 Å². The summed E-state index contributed by atoms with van der Waals surface area (Å²) in [6, 6.07) is 0. The Balaban J connectivity index is 1.66. The van der Waals surface area contributed by atoms with E-state index in [-0.39, 0.29) is 0 Å². The molecule has 0 radical (unpaired) electrons. The highest BCUT2D eigenvalue weighted by molar-refractivity contribution is 4.73. The van der Waals surface area contributed by atoms with Gasteiger partial charge in [-0.25, -0.2) is 0 Å². The SMILES string of the molecule is CCC1CN(CCN2CCCNCC2)CCO1.